The van der Waals surface area contributed by atoms with E-state index >= 15 is 0 Å². The molecule has 1 saturated heterocycles. The third-order valence-corrected chi connectivity index (χ3v) is 5.81. The summed E-state index contributed by atoms with van der Waals surface area (Å²) in [7, 11) is 1.65. The minimum atomic E-state index is -0.0511. The number of nitrogens with one attached hydrogen (secondary N) is 1. The number of carbonyl (C=O) groups excluding carboxylic acids is 1. The van der Waals surface area contributed by atoms with E-state index in [0.717, 1.165) is 47.8 Å². The summed E-state index contributed by atoms with van der Waals surface area (Å²) in [4.78, 5) is 14.9. The summed E-state index contributed by atoms with van der Waals surface area (Å²) in [5.41, 5.74) is 4.19. The van der Waals surface area contributed by atoms with Crippen LogP contribution < -0.4 is 15.0 Å². The molecule has 0 aliphatic carbocycles. The summed E-state index contributed by atoms with van der Waals surface area (Å²) < 4.78 is 5.18. The SMILES string of the molecule is COc1ccc(CNC(=O)[C@H]2CCCN(c3ccc(-c4ccccc4C)nn3)C2)cc1. The van der Waals surface area contributed by atoms with Crippen LogP contribution in [0.5, 0.6) is 5.75 Å². The largest absolute Gasteiger partial charge is 0.497 e. The first kappa shape index (κ1) is 20.8. The van der Waals surface area contributed by atoms with E-state index in [1.54, 1.807) is 7.11 Å². The van der Waals surface area contributed by atoms with Gasteiger partial charge in [-0.05, 0) is 55.2 Å². The molecule has 1 fully saturated rings. The fourth-order valence-electron chi connectivity index (χ4n) is 3.97. The third kappa shape index (κ3) is 5.02. The summed E-state index contributed by atoms with van der Waals surface area (Å²) in [6, 6.07) is 19.9. The van der Waals surface area contributed by atoms with Gasteiger partial charge in [0.05, 0.1) is 18.7 Å². The number of rotatable bonds is 6. The van der Waals surface area contributed by atoms with Crippen molar-refractivity contribution in [2.24, 2.45) is 5.92 Å². The molecule has 0 spiro atoms. The van der Waals surface area contributed by atoms with Crippen LogP contribution in [0.2, 0.25) is 0 Å². The van der Waals surface area contributed by atoms with Gasteiger partial charge in [-0.3, -0.25) is 4.79 Å². The smallest absolute Gasteiger partial charge is 0.225 e. The molecule has 0 radical (unpaired) electrons. The predicted octanol–water partition coefficient (Wildman–Crippen LogP) is 3.99. The van der Waals surface area contributed by atoms with Gasteiger partial charge in [-0.15, -0.1) is 10.2 Å². The summed E-state index contributed by atoms with van der Waals surface area (Å²) in [6.07, 6.45) is 1.85. The Labute approximate surface area is 183 Å². The minimum absolute atomic E-state index is 0.0511. The Morgan fingerprint density at radius 2 is 1.90 bits per heavy atom. The molecular weight excluding hydrogens is 388 g/mol. The Morgan fingerprint density at radius 1 is 1.10 bits per heavy atom. The van der Waals surface area contributed by atoms with Crippen molar-refractivity contribution in [1.82, 2.24) is 15.5 Å². The summed E-state index contributed by atoms with van der Waals surface area (Å²) in [5, 5.41) is 12.0. The first-order chi connectivity index (χ1) is 15.1. The van der Waals surface area contributed by atoms with Gasteiger partial charge in [0.15, 0.2) is 5.82 Å². The third-order valence-electron chi connectivity index (χ3n) is 5.81. The molecule has 3 aromatic rings. The normalized spacial score (nSPS) is 16.1. The fourth-order valence-corrected chi connectivity index (χ4v) is 3.97. The Hall–Kier alpha value is -3.41. The lowest BCUT2D eigenvalue weighted by molar-refractivity contribution is -0.125. The van der Waals surface area contributed by atoms with Crippen LogP contribution in [0, 0.1) is 12.8 Å². The highest BCUT2D eigenvalue weighted by atomic mass is 16.5. The van der Waals surface area contributed by atoms with Gasteiger partial charge >= 0.3 is 0 Å². The molecule has 4 rings (SSSR count). The van der Waals surface area contributed by atoms with Crippen LogP contribution in [0.15, 0.2) is 60.7 Å². The van der Waals surface area contributed by atoms with E-state index in [1.807, 2.05) is 48.5 Å². The van der Waals surface area contributed by atoms with Crippen LogP contribution in [-0.2, 0) is 11.3 Å². The van der Waals surface area contributed by atoms with Crippen LogP contribution >= 0.6 is 0 Å². The van der Waals surface area contributed by atoms with Crippen molar-refractivity contribution in [2.75, 3.05) is 25.1 Å². The van der Waals surface area contributed by atoms with Gasteiger partial charge in [0.25, 0.3) is 0 Å². The van der Waals surface area contributed by atoms with Crippen LogP contribution in [-0.4, -0.2) is 36.3 Å². The van der Waals surface area contributed by atoms with E-state index in [2.05, 4.69) is 39.5 Å². The lowest BCUT2D eigenvalue weighted by Crippen LogP contribution is -2.43. The fraction of sp³-hybridized carbons (Fsp3) is 0.320. The topological polar surface area (TPSA) is 67.3 Å². The van der Waals surface area contributed by atoms with Crippen LogP contribution in [0.4, 0.5) is 5.82 Å². The maximum atomic E-state index is 12.7. The van der Waals surface area contributed by atoms with E-state index in [-0.39, 0.29) is 11.8 Å². The molecule has 2 aromatic carbocycles. The van der Waals surface area contributed by atoms with Crippen molar-refractivity contribution < 1.29 is 9.53 Å². The van der Waals surface area contributed by atoms with Crippen molar-refractivity contribution in [3.05, 3.63) is 71.8 Å². The number of anilines is 1. The maximum Gasteiger partial charge on any atom is 0.225 e. The van der Waals surface area contributed by atoms with Crippen molar-refractivity contribution >= 4 is 11.7 Å². The molecule has 160 valence electrons. The number of carbonyl (C=O) groups is 1. The van der Waals surface area contributed by atoms with E-state index < -0.39 is 0 Å². The van der Waals surface area contributed by atoms with Crippen LogP contribution in [0.25, 0.3) is 11.3 Å². The van der Waals surface area contributed by atoms with E-state index in [1.165, 1.54) is 5.56 Å². The quantitative estimate of drug-likeness (QED) is 0.658. The van der Waals surface area contributed by atoms with Gasteiger partial charge in [-0.2, -0.15) is 0 Å². The average molecular weight is 417 g/mol. The van der Waals surface area contributed by atoms with Crippen molar-refractivity contribution in [3.8, 4) is 17.0 Å². The lowest BCUT2D eigenvalue weighted by atomic mass is 9.97. The zero-order chi connectivity index (χ0) is 21.6. The molecule has 1 atom stereocenters. The Kier molecular flexibility index (Phi) is 6.46. The number of piperidine rings is 1. The molecule has 1 aromatic heterocycles. The van der Waals surface area contributed by atoms with Gasteiger partial charge in [-0.1, -0.05) is 36.4 Å². The number of ether oxygens (including phenoxy) is 1. The van der Waals surface area contributed by atoms with Gasteiger partial charge < -0.3 is 15.0 Å². The number of aromatic nitrogens is 2. The Balaban J connectivity index is 1.36. The Bertz CT molecular complexity index is 1020. The monoisotopic (exact) mass is 416 g/mol. The molecule has 0 bridgehead atoms. The number of hydrogen-bond donors (Lipinski definition) is 1. The van der Waals surface area contributed by atoms with Crippen molar-refractivity contribution in [3.63, 3.8) is 0 Å². The zero-order valence-electron chi connectivity index (χ0n) is 18.0. The summed E-state index contributed by atoms with van der Waals surface area (Å²) >= 11 is 0. The Morgan fingerprint density at radius 3 is 2.61 bits per heavy atom. The van der Waals surface area contributed by atoms with Gasteiger partial charge in [0, 0.05) is 25.2 Å². The van der Waals surface area contributed by atoms with Gasteiger partial charge in [0.1, 0.15) is 5.75 Å². The molecule has 0 unspecified atom stereocenters. The molecule has 1 amide bonds. The molecular formula is C25H28N4O2. The molecule has 2 heterocycles. The molecule has 1 aliphatic rings. The highest BCUT2D eigenvalue weighted by Gasteiger charge is 2.26. The van der Waals surface area contributed by atoms with Gasteiger partial charge in [0.2, 0.25) is 5.91 Å². The number of benzene rings is 2. The highest BCUT2D eigenvalue weighted by molar-refractivity contribution is 5.79. The molecule has 1 aliphatic heterocycles. The van der Waals surface area contributed by atoms with E-state index in [9.17, 15) is 4.79 Å². The second-order valence-corrected chi connectivity index (χ2v) is 7.94. The first-order valence-corrected chi connectivity index (χ1v) is 10.7. The summed E-state index contributed by atoms with van der Waals surface area (Å²) in [6.45, 7) is 4.14. The highest BCUT2D eigenvalue weighted by Crippen LogP contribution is 2.25. The standard InChI is InChI=1S/C25H28N4O2/c1-18-6-3-4-8-22(18)23-13-14-24(28-27-23)29-15-5-7-20(17-29)25(30)26-16-19-9-11-21(31-2)12-10-19/h3-4,6,8-14,20H,5,7,15-17H2,1-2H3,(H,26,30)/t20-/m0/s1. The zero-order valence-corrected chi connectivity index (χ0v) is 18.0. The van der Waals surface area contributed by atoms with E-state index in [0.29, 0.717) is 13.1 Å². The molecule has 1 N–H and O–H groups in total. The predicted molar refractivity (Wildman–Crippen MR) is 122 cm³/mol. The average Bonchev–Trinajstić information content (AvgIpc) is 2.83. The van der Waals surface area contributed by atoms with Crippen molar-refractivity contribution in [1.29, 1.82) is 0 Å². The molecule has 0 saturated carbocycles. The molecule has 6 heteroatoms. The number of hydrogen-bond acceptors (Lipinski definition) is 5. The number of methoxy groups -OCH3 is 1. The maximum absolute atomic E-state index is 12.7. The first-order valence-electron chi connectivity index (χ1n) is 10.7. The second kappa shape index (κ2) is 9.60. The van der Waals surface area contributed by atoms with Crippen molar-refractivity contribution in [2.45, 2.75) is 26.3 Å². The van der Waals surface area contributed by atoms with Gasteiger partial charge in [-0.25, -0.2) is 0 Å². The number of aryl methyl sites for hydroxylation is 1. The number of amides is 1. The minimum Gasteiger partial charge on any atom is -0.497 e. The lowest BCUT2D eigenvalue weighted by Gasteiger charge is -2.32. The second-order valence-electron chi connectivity index (χ2n) is 7.94. The summed E-state index contributed by atoms with van der Waals surface area (Å²) in [5.74, 6) is 1.67. The number of nitrogens with zero attached hydrogens (tertiary/aromatic N) is 3. The van der Waals surface area contributed by atoms with Crippen LogP contribution in [0.1, 0.15) is 24.0 Å². The molecule has 6 nitrogen and oxygen atoms in total. The van der Waals surface area contributed by atoms with E-state index in [4.69, 9.17) is 4.74 Å². The molecule has 31 heavy (non-hydrogen) atoms. The van der Waals surface area contributed by atoms with Crippen LogP contribution in [0.3, 0.4) is 0 Å².